The molecule has 3 N–H and O–H groups in total. The van der Waals surface area contributed by atoms with Crippen LogP contribution in [0.2, 0.25) is 0 Å². The van der Waals surface area contributed by atoms with Gasteiger partial charge in [0.15, 0.2) is 5.13 Å². The van der Waals surface area contributed by atoms with Crippen LogP contribution in [0.4, 0.5) is 10.1 Å². The maximum absolute atomic E-state index is 5.63. The van der Waals surface area contributed by atoms with E-state index in [1.165, 1.54) is 37.0 Å². The van der Waals surface area contributed by atoms with Crippen molar-refractivity contribution in [3.63, 3.8) is 0 Å². The van der Waals surface area contributed by atoms with E-state index in [0.717, 1.165) is 28.5 Å². The van der Waals surface area contributed by atoms with Gasteiger partial charge in [0, 0.05) is 6.54 Å². The molecule has 0 spiro atoms. The molecule has 0 aromatic carbocycles. The van der Waals surface area contributed by atoms with E-state index in [9.17, 15) is 0 Å². The SMILES string of the molecule is CC1CCCCC1CNc1ncc(N)s1. The van der Waals surface area contributed by atoms with Gasteiger partial charge in [0.2, 0.25) is 0 Å². The predicted octanol–water partition coefficient (Wildman–Crippen LogP) is 2.96. The minimum absolute atomic E-state index is 0.786. The Kier molecular flexibility index (Phi) is 3.46. The van der Waals surface area contributed by atoms with Crippen LogP contribution >= 0.6 is 11.3 Å². The Labute approximate surface area is 95.1 Å². The van der Waals surface area contributed by atoms with Gasteiger partial charge in [0.25, 0.3) is 0 Å². The third kappa shape index (κ3) is 2.84. The predicted molar refractivity (Wildman–Crippen MR) is 66.1 cm³/mol. The van der Waals surface area contributed by atoms with Crippen molar-refractivity contribution < 1.29 is 0 Å². The first-order chi connectivity index (χ1) is 7.25. The molecule has 1 aromatic rings. The number of nitrogens with two attached hydrogens (primary N) is 1. The first kappa shape index (κ1) is 10.7. The van der Waals surface area contributed by atoms with Gasteiger partial charge in [0.1, 0.15) is 5.00 Å². The van der Waals surface area contributed by atoms with Crippen LogP contribution in [-0.4, -0.2) is 11.5 Å². The average molecular weight is 225 g/mol. The van der Waals surface area contributed by atoms with Gasteiger partial charge >= 0.3 is 0 Å². The van der Waals surface area contributed by atoms with E-state index in [-0.39, 0.29) is 0 Å². The number of aromatic nitrogens is 1. The molecule has 1 aliphatic rings. The smallest absolute Gasteiger partial charge is 0.184 e. The van der Waals surface area contributed by atoms with Crippen molar-refractivity contribution in [3.05, 3.63) is 6.20 Å². The molecule has 0 amide bonds. The highest BCUT2D eigenvalue weighted by atomic mass is 32.1. The zero-order valence-electron chi connectivity index (χ0n) is 9.20. The maximum atomic E-state index is 5.63. The molecule has 1 fully saturated rings. The molecule has 1 aliphatic carbocycles. The molecule has 2 rings (SSSR count). The van der Waals surface area contributed by atoms with Crippen molar-refractivity contribution >= 4 is 21.5 Å². The van der Waals surface area contributed by atoms with Crippen molar-refractivity contribution in [1.29, 1.82) is 0 Å². The van der Waals surface area contributed by atoms with Crippen LogP contribution in [0.1, 0.15) is 32.6 Å². The molecule has 1 aromatic heterocycles. The summed E-state index contributed by atoms with van der Waals surface area (Å²) in [7, 11) is 0. The minimum atomic E-state index is 0.786. The summed E-state index contributed by atoms with van der Waals surface area (Å²) in [4.78, 5) is 4.21. The second kappa shape index (κ2) is 4.84. The standard InChI is InChI=1S/C11H19N3S/c1-8-4-2-3-5-9(8)6-13-11-14-7-10(12)15-11/h7-9H,2-6,12H2,1H3,(H,13,14). The summed E-state index contributed by atoms with van der Waals surface area (Å²) in [6.45, 7) is 3.41. The van der Waals surface area contributed by atoms with Crippen molar-refractivity contribution in [2.24, 2.45) is 11.8 Å². The number of nitrogens with zero attached hydrogens (tertiary/aromatic N) is 1. The molecule has 3 nitrogen and oxygen atoms in total. The van der Waals surface area contributed by atoms with E-state index in [0.29, 0.717) is 0 Å². The molecule has 1 heterocycles. The zero-order valence-corrected chi connectivity index (χ0v) is 10.0. The molecular weight excluding hydrogens is 206 g/mol. The van der Waals surface area contributed by atoms with Gasteiger partial charge in [-0.05, 0) is 18.3 Å². The van der Waals surface area contributed by atoms with Crippen LogP contribution < -0.4 is 11.1 Å². The van der Waals surface area contributed by atoms with E-state index in [4.69, 9.17) is 5.73 Å². The van der Waals surface area contributed by atoms with Crippen molar-refractivity contribution in [2.45, 2.75) is 32.6 Å². The van der Waals surface area contributed by atoms with Crippen LogP contribution in [0.25, 0.3) is 0 Å². The summed E-state index contributed by atoms with van der Waals surface area (Å²) in [5.41, 5.74) is 5.63. The fraction of sp³-hybridized carbons (Fsp3) is 0.727. The summed E-state index contributed by atoms with van der Waals surface area (Å²) in [5.74, 6) is 1.66. The monoisotopic (exact) mass is 225 g/mol. The number of nitrogen functional groups attached to an aromatic ring is 1. The third-order valence-electron chi connectivity index (χ3n) is 3.33. The zero-order chi connectivity index (χ0) is 10.7. The Morgan fingerprint density at radius 3 is 3.00 bits per heavy atom. The highest BCUT2D eigenvalue weighted by molar-refractivity contribution is 7.19. The first-order valence-electron chi connectivity index (χ1n) is 5.71. The Balaban J connectivity index is 1.81. The molecule has 0 aliphatic heterocycles. The number of anilines is 2. The fourth-order valence-corrected chi connectivity index (χ4v) is 2.87. The quantitative estimate of drug-likeness (QED) is 0.831. The van der Waals surface area contributed by atoms with Crippen molar-refractivity contribution in [2.75, 3.05) is 17.6 Å². The molecule has 0 radical (unpaired) electrons. The molecule has 84 valence electrons. The van der Waals surface area contributed by atoms with Gasteiger partial charge in [-0.3, -0.25) is 0 Å². The minimum Gasteiger partial charge on any atom is -0.389 e. The van der Waals surface area contributed by atoms with Crippen LogP contribution in [-0.2, 0) is 0 Å². The molecule has 2 atom stereocenters. The highest BCUT2D eigenvalue weighted by Crippen LogP contribution is 2.30. The topological polar surface area (TPSA) is 50.9 Å². The van der Waals surface area contributed by atoms with Gasteiger partial charge < -0.3 is 11.1 Å². The largest absolute Gasteiger partial charge is 0.389 e. The number of hydrogen-bond donors (Lipinski definition) is 2. The lowest BCUT2D eigenvalue weighted by molar-refractivity contribution is 0.268. The highest BCUT2D eigenvalue weighted by Gasteiger charge is 2.20. The molecule has 0 bridgehead atoms. The Bertz CT molecular complexity index is 311. The van der Waals surface area contributed by atoms with E-state index in [2.05, 4.69) is 17.2 Å². The maximum Gasteiger partial charge on any atom is 0.184 e. The molecular formula is C11H19N3S. The van der Waals surface area contributed by atoms with Crippen LogP contribution in [0, 0.1) is 11.8 Å². The normalized spacial score (nSPS) is 26.5. The van der Waals surface area contributed by atoms with Crippen LogP contribution in [0.3, 0.4) is 0 Å². The van der Waals surface area contributed by atoms with E-state index in [1.807, 2.05) is 0 Å². The summed E-state index contributed by atoms with van der Waals surface area (Å²) in [5, 5.41) is 5.14. The number of thiazole rings is 1. The number of rotatable bonds is 3. The third-order valence-corrected chi connectivity index (χ3v) is 4.11. The van der Waals surface area contributed by atoms with Crippen LogP contribution in [0.5, 0.6) is 0 Å². The Morgan fingerprint density at radius 1 is 1.53 bits per heavy atom. The molecule has 1 saturated carbocycles. The number of nitrogens with one attached hydrogen (secondary N) is 1. The van der Waals surface area contributed by atoms with Gasteiger partial charge in [-0.1, -0.05) is 37.5 Å². The summed E-state index contributed by atoms with van der Waals surface area (Å²) < 4.78 is 0. The Morgan fingerprint density at radius 2 is 2.33 bits per heavy atom. The van der Waals surface area contributed by atoms with E-state index in [1.54, 1.807) is 6.20 Å². The van der Waals surface area contributed by atoms with E-state index < -0.39 is 0 Å². The lowest BCUT2D eigenvalue weighted by atomic mass is 9.80. The van der Waals surface area contributed by atoms with Gasteiger partial charge in [0.05, 0.1) is 6.20 Å². The second-order valence-electron chi connectivity index (χ2n) is 4.47. The molecule has 0 saturated heterocycles. The van der Waals surface area contributed by atoms with Gasteiger partial charge in [-0.15, -0.1) is 0 Å². The number of hydrogen-bond acceptors (Lipinski definition) is 4. The molecule has 2 unspecified atom stereocenters. The molecule has 4 heteroatoms. The molecule has 15 heavy (non-hydrogen) atoms. The van der Waals surface area contributed by atoms with Gasteiger partial charge in [-0.25, -0.2) is 4.98 Å². The van der Waals surface area contributed by atoms with E-state index >= 15 is 0 Å². The first-order valence-corrected chi connectivity index (χ1v) is 6.52. The summed E-state index contributed by atoms with van der Waals surface area (Å²) >= 11 is 1.53. The average Bonchev–Trinajstić information content (AvgIpc) is 2.63. The lowest BCUT2D eigenvalue weighted by Crippen LogP contribution is -2.24. The Hall–Kier alpha value is -0.770. The summed E-state index contributed by atoms with van der Waals surface area (Å²) in [6, 6.07) is 0. The fourth-order valence-electron chi connectivity index (χ4n) is 2.28. The van der Waals surface area contributed by atoms with Crippen LogP contribution in [0.15, 0.2) is 6.20 Å². The van der Waals surface area contributed by atoms with Crippen molar-refractivity contribution in [1.82, 2.24) is 4.98 Å². The van der Waals surface area contributed by atoms with Gasteiger partial charge in [-0.2, -0.15) is 0 Å². The second-order valence-corrected chi connectivity index (χ2v) is 5.53. The van der Waals surface area contributed by atoms with Crippen molar-refractivity contribution in [3.8, 4) is 0 Å². The summed E-state index contributed by atoms with van der Waals surface area (Å²) in [6.07, 6.45) is 7.25. The lowest BCUT2D eigenvalue weighted by Gasteiger charge is -2.28.